The third-order valence-corrected chi connectivity index (χ3v) is 4.11. The Morgan fingerprint density at radius 3 is 2.52 bits per heavy atom. The molecule has 4 nitrogen and oxygen atoms in total. The maximum absolute atomic E-state index is 8.81. The predicted octanol–water partition coefficient (Wildman–Crippen LogP) is 3.83. The van der Waals surface area contributed by atoms with Crippen molar-refractivity contribution in [3.63, 3.8) is 0 Å². The van der Waals surface area contributed by atoms with E-state index in [9.17, 15) is 0 Å². The van der Waals surface area contributed by atoms with Gasteiger partial charge in [0.15, 0.2) is 11.5 Å². The fourth-order valence-electron chi connectivity index (χ4n) is 2.63. The van der Waals surface area contributed by atoms with Crippen LogP contribution in [0.5, 0.6) is 11.5 Å². The lowest BCUT2D eigenvalue weighted by molar-refractivity contribution is 0.279. The monoisotopic (exact) mass is 343 g/mol. The van der Waals surface area contributed by atoms with Crippen LogP contribution in [0, 0.1) is 6.92 Å². The number of aliphatic hydroxyl groups excluding tert-OH is 1. The molecule has 0 saturated heterocycles. The summed E-state index contributed by atoms with van der Waals surface area (Å²) in [5.74, 6) is 1.56. The highest BCUT2D eigenvalue weighted by Gasteiger charge is 2.10. The molecular weight excluding hydrogens is 314 g/mol. The standard InChI is InChI=1S/C21H29NO3/c1-17-9-11-18(12-10-17)16-25-21-19(7-6-8-20(21)24-2)15-22-13-4-3-5-14-23/h6-12,22-23H,3-5,13-16H2,1-2H3. The zero-order chi connectivity index (χ0) is 17.9. The van der Waals surface area contributed by atoms with E-state index in [1.807, 2.05) is 12.1 Å². The van der Waals surface area contributed by atoms with Crippen molar-refractivity contribution >= 4 is 0 Å². The summed E-state index contributed by atoms with van der Waals surface area (Å²) >= 11 is 0. The molecule has 0 radical (unpaired) electrons. The Hall–Kier alpha value is -2.04. The maximum Gasteiger partial charge on any atom is 0.166 e. The summed E-state index contributed by atoms with van der Waals surface area (Å²) in [5, 5.41) is 12.3. The van der Waals surface area contributed by atoms with Gasteiger partial charge in [0.2, 0.25) is 0 Å². The van der Waals surface area contributed by atoms with E-state index in [0.29, 0.717) is 6.61 Å². The van der Waals surface area contributed by atoms with Crippen LogP contribution in [0.25, 0.3) is 0 Å². The van der Waals surface area contributed by atoms with Crippen LogP contribution in [0.4, 0.5) is 0 Å². The average molecular weight is 343 g/mol. The van der Waals surface area contributed by atoms with Crippen molar-refractivity contribution in [2.75, 3.05) is 20.3 Å². The van der Waals surface area contributed by atoms with Crippen molar-refractivity contribution in [2.24, 2.45) is 0 Å². The molecule has 136 valence electrons. The molecule has 0 saturated carbocycles. The minimum absolute atomic E-state index is 0.271. The SMILES string of the molecule is COc1cccc(CNCCCCCO)c1OCc1ccc(C)cc1. The lowest BCUT2D eigenvalue weighted by Crippen LogP contribution is -2.16. The van der Waals surface area contributed by atoms with Crippen LogP contribution in [-0.4, -0.2) is 25.4 Å². The number of ether oxygens (including phenoxy) is 2. The number of hydrogen-bond donors (Lipinski definition) is 2. The molecule has 0 aliphatic carbocycles. The molecule has 0 heterocycles. The van der Waals surface area contributed by atoms with Gasteiger partial charge in [-0.05, 0) is 44.4 Å². The van der Waals surface area contributed by atoms with Gasteiger partial charge in [0, 0.05) is 18.7 Å². The largest absolute Gasteiger partial charge is 0.493 e. The summed E-state index contributed by atoms with van der Waals surface area (Å²) in [5.41, 5.74) is 3.47. The zero-order valence-electron chi connectivity index (χ0n) is 15.3. The van der Waals surface area contributed by atoms with Gasteiger partial charge >= 0.3 is 0 Å². The minimum atomic E-state index is 0.271. The lowest BCUT2D eigenvalue weighted by Gasteiger charge is -2.16. The van der Waals surface area contributed by atoms with Gasteiger partial charge in [-0.25, -0.2) is 0 Å². The first-order valence-corrected chi connectivity index (χ1v) is 8.90. The molecule has 25 heavy (non-hydrogen) atoms. The highest BCUT2D eigenvalue weighted by Crippen LogP contribution is 2.31. The molecule has 2 aromatic rings. The highest BCUT2D eigenvalue weighted by atomic mass is 16.5. The molecule has 0 amide bonds. The summed E-state index contributed by atoms with van der Waals surface area (Å²) in [6.45, 7) is 4.53. The quantitative estimate of drug-likeness (QED) is 0.609. The van der Waals surface area contributed by atoms with Gasteiger partial charge in [-0.2, -0.15) is 0 Å². The normalized spacial score (nSPS) is 10.7. The number of para-hydroxylation sites is 1. The van der Waals surface area contributed by atoms with E-state index in [1.54, 1.807) is 7.11 Å². The molecule has 0 fully saturated rings. The fraction of sp³-hybridized carbons (Fsp3) is 0.429. The van der Waals surface area contributed by atoms with Crippen molar-refractivity contribution in [1.82, 2.24) is 5.32 Å². The van der Waals surface area contributed by atoms with Gasteiger partial charge < -0.3 is 19.9 Å². The zero-order valence-corrected chi connectivity index (χ0v) is 15.3. The van der Waals surface area contributed by atoms with E-state index in [2.05, 4.69) is 42.6 Å². The minimum Gasteiger partial charge on any atom is -0.493 e. The van der Waals surface area contributed by atoms with Crippen LogP contribution in [0.2, 0.25) is 0 Å². The second kappa shape index (κ2) is 10.7. The third kappa shape index (κ3) is 6.40. The first-order chi connectivity index (χ1) is 12.2. The van der Waals surface area contributed by atoms with Crippen molar-refractivity contribution < 1.29 is 14.6 Å². The van der Waals surface area contributed by atoms with Gasteiger partial charge in [0.25, 0.3) is 0 Å². The number of unbranched alkanes of at least 4 members (excludes halogenated alkanes) is 2. The number of nitrogens with one attached hydrogen (secondary N) is 1. The summed E-state index contributed by atoms with van der Waals surface area (Å²) < 4.78 is 11.6. The smallest absolute Gasteiger partial charge is 0.166 e. The number of benzene rings is 2. The molecule has 0 aromatic heterocycles. The molecule has 2 rings (SSSR count). The van der Waals surface area contributed by atoms with E-state index in [4.69, 9.17) is 14.6 Å². The van der Waals surface area contributed by atoms with E-state index < -0.39 is 0 Å². The third-order valence-electron chi connectivity index (χ3n) is 4.11. The Morgan fingerprint density at radius 2 is 1.80 bits per heavy atom. The maximum atomic E-state index is 8.81. The van der Waals surface area contributed by atoms with Crippen molar-refractivity contribution in [3.8, 4) is 11.5 Å². The van der Waals surface area contributed by atoms with Crippen molar-refractivity contribution in [3.05, 3.63) is 59.2 Å². The molecule has 0 aliphatic rings. The van der Waals surface area contributed by atoms with E-state index in [0.717, 1.165) is 55.0 Å². The number of methoxy groups -OCH3 is 1. The first kappa shape index (κ1) is 19.3. The van der Waals surface area contributed by atoms with Crippen LogP contribution < -0.4 is 14.8 Å². The molecule has 0 atom stereocenters. The van der Waals surface area contributed by atoms with Crippen LogP contribution in [0.3, 0.4) is 0 Å². The van der Waals surface area contributed by atoms with Crippen molar-refractivity contribution in [1.29, 1.82) is 0 Å². The van der Waals surface area contributed by atoms with Gasteiger partial charge in [-0.1, -0.05) is 42.0 Å². The number of rotatable bonds is 11. The molecule has 0 unspecified atom stereocenters. The predicted molar refractivity (Wildman–Crippen MR) is 101 cm³/mol. The van der Waals surface area contributed by atoms with E-state index >= 15 is 0 Å². The second-order valence-corrected chi connectivity index (χ2v) is 6.18. The highest BCUT2D eigenvalue weighted by molar-refractivity contribution is 5.46. The van der Waals surface area contributed by atoms with Gasteiger partial charge in [0.1, 0.15) is 6.61 Å². The molecule has 4 heteroatoms. The Kier molecular flexibility index (Phi) is 8.29. The lowest BCUT2D eigenvalue weighted by atomic mass is 10.1. The number of aliphatic hydroxyl groups is 1. The van der Waals surface area contributed by atoms with Gasteiger partial charge in [0.05, 0.1) is 7.11 Å². The van der Waals surface area contributed by atoms with Gasteiger partial charge in [-0.15, -0.1) is 0 Å². The van der Waals surface area contributed by atoms with Gasteiger partial charge in [-0.3, -0.25) is 0 Å². The van der Waals surface area contributed by atoms with Crippen LogP contribution in [0.1, 0.15) is 36.0 Å². The summed E-state index contributed by atoms with van der Waals surface area (Å²) in [7, 11) is 1.67. The number of aryl methyl sites for hydroxylation is 1. The summed E-state index contributed by atoms with van der Waals surface area (Å²) in [6, 6.07) is 14.3. The fourth-order valence-corrected chi connectivity index (χ4v) is 2.63. The Bertz CT molecular complexity index is 626. The van der Waals surface area contributed by atoms with E-state index in [-0.39, 0.29) is 6.61 Å². The van der Waals surface area contributed by atoms with Crippen LogP contribution in [0.15, 0.2) is 42.5 Å². The summed E-state index contributed by atoms with van der Waals surface area (Å²) in [4.78, 5) is 0. The Morgan fingerprint density at radius 1 is 1.00 bits per heavy atom. The van der Waals surface area contributed by atoms with Crippen LogP contribution >= 0.6 is 0 Å². The topological polar surface area (TPSA) is 50.7 Å². The molecule has 0 bridgehead atoms. The molecule has 0 aliphatic heterocycles. The van der Waals surface area contributed by atoms with E-state index in [1.165, 1.54) is 5.56 Å². The van der Waals surface area contributed by atoms with Crippen molar-refractivity contribution in [2.45, 2.75) is 39.3 Å². The molecule has 0 spiro atoms. The Labute approximate surface area is 150 Å². The van der Waals surface area contributed by atoms with Crippen LogP contribution in [-0.2, 0) is 13.2 Å². The summed E-state index contributed by atoms with van der Waals surface area (Å²) in [6.07, 6.45) is 2.97. The Balaban J connectivity index is 1.96. The first-order valence-electron chi connectivity index (χ1n) is 8.90. The second-order valence-electron chi connectivity index (χ2n) is 6.18. The average Bonchev–Trinajstić information content (AvgIpc) is 2.64. The molecule has 2 N–H and O–H groups in total. The molecule has 2 aromatic carbocycles. The number of hydrogen-bond acceptors (Lipinski definition) is 4. The molecular formula is C21H29NO3.